The minimum absolute atomic E-state index is 0. The SMILES string of the molecule is N[C@@H]1[C@H](O)[C@H]2O[C@H]3[C@H](O)[C@@H](O)[C@@H](O[C@H]4[C@H](O)[C@@H](O)[C@@H](O[C@H]5[C@H](O)[C@@H](O)[C@@H](O[C@H]6[C@H](O)[C@@H](O)[C@@H](O[C@H]7[C@H](O)[C@@H](O)[C@@H](O[C@H]8[C@H](O)[C@@H](O)[C@@H](O[C@@H]1[C@@H](CO)O2)O[C@@H]8CO)O[C@@H]7CO)O[C@@H]6CO)O[C@@H]5CO)O[C@@H]4CO)O[C@@H]3CO.O. The third-order valence-corrected chi connectivity index (χ3v) is 14.9. The van der Waals surface area contributed by atoms with Gasteiger partial charge in [0.15, 0.2) is 44.0 Å². The fourth-order valence-electron chi connectivity index (χ4n) is 10.5. The quantitative estimate of drug-likeness (QED) is 0.113. The Morgan fingerprint density at radius 3 is 0.513 bits per heavy atom. The van der Waals surface area contributed by atoms with E-state index in [0.29, 0.717) is 0 Å². The van der Waals surface area contributed by atoms with Crippen LogP contribution < -0.4 is 5.73 Å². The second-order valence-corrected chi connectivity index (χ2v) is 19.7. The summed E-state index contributed by atoms with van der Waals surface area (Å²) in [5.74, 6) is 0. The smallest absolute Gasteiger partial charge is 0.187 e. The van der Waals surface area contributed by atoms with E-state index in [1.165, 1.54) is 0 Å². The predicted octanol–water partition coefficient (Wildman–Crippen LogP) is -16.1. The number of hydrogen-bond acceptors (Lipinski definition) is 35. The summed E-state index contributed by atoms with van der Waals surface area (Å²) in [6, 6.07) is -1.67. The summed E-state index contributed by atoms with van der Waals surface area (Å²) in [6.45, 7) is -7.15. The van der Waals surface area contributed by atoms with Crippen LogP contribution in [-0.2, 0) is 66.3 Å². The van der Waals surface area contributed by atoms with Crippen LogP contribution in [0.3, 0.4) is 0 Å². The van der Waals surface area contributed by atoms with Crippen molar-refractivity contribution in [2.75, 3.05) is 46.2 Å². The third kappa shape index (κ3) is 12.4. The predicted molar refractivity (Wildman–Crippen MR) is 234 cm³/mol. The maximum atomic E-state index is 11.4. The first-order chi connectivity index (χ1) is 36.7. The van der Waals surface area contributed by atoms with Crippen LogP contribution in [0.4, 0.5) is 0 Å². The van der Waals surface area contributed by atoms with Crippen molar-refractivity contribution in [3.05, 3.63) is 0 Å². The zero-order valence-electron chi connectivity index (χ0n) is 40.9. The molecule has 456 valence electrons. The Balaban J connectivity index is 0.00000882. The number of aliphatic hydroxyl groups excluding tert-OH is 20. The monoisotopic (exact) mass is 1150 g/mol. The molecule has 0 saturated carbocycles. The molecule has 36 heteroatoms. The van der Waals surface area contributed by atoms with E-state index >= 15 is 0 Å². The molecule has 0 aliphatic carbocycles. The van der Waals surface area contributed by atoms with Crippen molar-refractivity contribution < 1.29 is 174 Å². The Morgan fingerprint density at radius 2 is 0.346 bits per heavy atom. The molecule has 0 radical (unpaired) electrons. The van der Waals surface area contributed by atoms with Gasteiger partial charge in [0, 0.05) is 0 Å². The van der Waals surface area contributed by atoms with Crippen molar-refractivity contribution >= 4 is 0 Å². The summed E-state index contributed by atoms with van der Waals surface area (Å²) in [4.78, 5) is 0. The van der Waals surface area contributed by atoms with Gasteiger partial charge < -0.3 is 180 Å². The summed E-state index contributed by atoms with van der Waals surface area (Å²) < 4.78 is 79.9. The Kier molecular flexibility index (Phi) is 22.3. The number of nitrogens with two attached hydrogens (primary N) is 1. The first kappa shape index (κ1) is 64.1. The molecule has 78 heavy (non-hydrogen) atoms. The lowest BCUT2D eigenvalue weighted by Crippen LogP contribution is -2.69. The van der Waals surface area contributed by atoms with Gasteiger partial charge in [-0.15, -0.1) is 0 Å². The van der Waals surface area contributed by atoms with Crippen LogP contribution in [0.5, 0.6) is 0 Å². The molecule has 21 aliphatic rings. The highest BCUT2D eigenvalue weighted by Crippen LogP contribution is 2.38. The van der Waals surface area contributed by atoms with E-state index in [2.05, 4.69) is 0 Å². The minimum Gasteiger partial charge on any atom is -0.412 e. The van der Waals surface area contributed by atoms with Crippen molar-refractivity contribution in [2.24, 2.45) is 5.73 Å². The maximum Gasteiger partial charge on any atom is 0.187 e. The molecule has 0 aromatic rings. The average molecular weight is 1150 g/mol. The summed E-state index contributed by atoms with van der Waals surface area (Å²) >= 11 is 0. The summed E-state index contributed by atoms with van der Waals surface area (Å²) in [7, 11) is 0. The van der Waals surface area contributed by atoms with Gasteiger partial charge in [0.2, 0.25) is 0 Å². The Bertz CT molecular complexity index is 1470. The lowest BCUT2D eigenvalue weighted by molar-refractivity contribution is -0.396. The lowest BCUT2D eigenvalue weighted by atomic mass is 9.94. The van der Waals surface area contributed by atoms with Gasteiger partial charge in [-0.05, 0) is 0 Å². The van der Waals surface area contributed by atoms with E-state index in [-0.39, 0.29) is 5.48 Å². The molecule has 0 amide bonds. The van der Waals surface area contributed by atoms with E-state index in [4.69, 9.17) is 72.0 Å². The van der Waals surface area contributed by atoms with Gasteiger partial charge in [-0.2, -0.15) is 0 Å². The second kappa shape index (κ2) is 27.1. The molecule has 36 nitrogen and oxygen atoms in total. The fraction of sp³-hybridized carbons (Fsp3) is 1.00. The largest absolute Gasteiger partial charge is 0.412 e. The van der Waals surface area contributed by atoms with Crippen LogP contribution in [0.1, 0.15) is 0 Å². The van der Waals surface area contributed by atoms with Crippen molar-refractivity contribution in [3.63, 3.8) is 0 Å². The number of ether oxygens (including phenoxy) is 14. The zero-order chi connectivity index (χ0) is 56.1. The van der Waals surface area contributed by atoms with E-state index in [9.17, 15) is 102 Å². The normalized spacial score (nSPS) is 54.7. The van der Waals surface area contributed by atoms with Gasteiger partial charge in [-0.3, -0.25) is 0 Å². The zero-order valence-corrected chi connectivity index (χ0v) is 40.9. The van der Waals surface area contributed by atoms with Crippen LogP contribution in [0.15, 0.2) is 0 Å². The molecule has 21 saturated heterocycles. The topological polar surface area (TPSA) is 591 Å². The summed E-state index contributed by atoms with van der Waals surface area (Å²) in [5.41, 5.74) is 6.35. The molecule has 14 bridgehead atoms. The second-order valence-electron chi connectivity index (χ2n) is 19.7. The molecule has 21 aliphatic heterocycles. The van der Waals surface area contributed by atoms with E-state index in [0.717, 1.165) is 0 Å². The van der Waals surface area contributed by atoms with Crippen molar-refractivity contribution in [1.82, 2.24) is 0 Å². The van der Waals surface area contributed by atoms with Gasteiger partial charge in [-0.1, -0.05) is 0 Å². The average Bonchev–Trinajstić information content (AvgIpc) is 3.51. The molecule has 0 aromatic carbocycles. The van der Waals surface area contributed by atoms with Crippen molar-refractivity contribution in [2.45, 2.75) is 215 Å². The highest BCUT2D eigenvalue weighted by atomic mass is 16.8. The number of hydrogen-bond donors (Lipinski definition) is 21. The minimum atomic E-state index is -2.20. The van der Waals surface area contributed by atoms with Crippen LogP contribution in [0.25, 0.3) is 0 Å². The molecule has 35 atom stereocenters. The van der Waals surface area contributed by atoms with E-state index in [1.807, 2.05) is 0 Å². The molecular formula is C42H73NO35. The summed E-state index contributed by atoms with van der Waals surface area (Å²) in [5, 5.41) is 219. The third-order valence-electron chi connectivity index (χ3n) is 14.9. The van der Waals surface area contributed by atoms with Gasteiger partial charge in [-0.25, -0.2) is 0 Å². The number of aliphatic hydroxyl groups is 20. The fourth-order valence-corrected chi connectivity index (χ4v) is 10.5. The Labute approximate surface area is 440 Å². The lowest BCUT2D eigenvalue weighted by Gasteiger charge is -2.50. The van der Waals surface area contributed by atoms with Crippen molar-refractivity contribution in [1.29, 1.82) is 0 Å². The van der Waals surface area contributed by atoms with E-state index < -0.39 is 261 Å². The van der Waals surface area contributed by atoms with Crippen LogP contribution in [-0.4, -0.2) is 369 Å². The molecule has 0 spiro atoms. The first-order valence-corrected chi connectivity index (χ1v) is 24.7. The summed E-state index contributed by atoms with van der Waals surface area (Å²) in [6.07, 6.45) is -66.7. The van der Waals surface area contributed by atoms with Crippen molar-refractivity contribution in [3.8, 4) is 0 Å². The molecular weight excluding hydrogens is 1080 g/mol. The molecule has 21 fully saturated rings. The van der Waals surface area contributed by atoms with Gasteiger partial charge >= 0.3 is 0 Å². The standard InChI is InChI=1S/C42H71NO34.H2O/c43-15-16(51)36-64-8(1-44)29(15)71-37-23(58)17(52)31(10(3-46)65-37)73-39-25(60)19(54)33(12(5-48)67-39)75-41-27(62)21(56)35(14(7-50)69-41)77-42-28(63)22(57)34(13(6-49)70-42)76-40-26(61)20(55)32(11(4-47)68-40)74-38-24(59)18(53)30(72-36)9(2-45)66-38;/h8-42,44-63H,1-7,43H2;1H2/t8-,9-,10-,11-,12-,13-,14-,15-,16+,17-,18-,19-,20-,21-,22-,23-,24-,25-,26-,27-,28-,29-,30-,31-,32-,33-,34-,35-,36-,37-,38-,39-,40-,41-,42-;/m1./s1. The van der Waals surface area contributed by atoms with Crippen LogP contribution in [0.2, 0.25) is 0 Å². The molecule has 21 rings (SSSR count). The highest BCUT2D eigenvalue weighted by molar-refractivity contribution is 5.02. The van der Waals surface area contributed by atoms with Crippen LogP contribution >= 0.6 is 0 Å². The first-order valence-electron chi connectivity index (χ1n) is 24.7. The molecule has 24 N–H and O–H groups in total. The van der Waals surface area contributed by atoms with E-state index in [1.54, 1.807) is 0 Å². The highest BCUT2D eigenvalue weighted by Gasteiger charge is 2.59. The molecule has 0 aromatic heterocycles. The Morgan fingerprint density at radius 1 is 0.205 bits per heavy atom. The van der Waals surface area contributed by atoms with Gasteiger partial charge in [0.25, 0.3) is 0 Å². The Hall–Kier alpha value is -1.44. The molecule has 21 heterocycles. The van der Waals surface area contributed by atoms with Gasteiger partial charge in [0.1, 0.15) is 165 Å². The van der Waals surface area contributed by atoms with Crippen LogP contribution in [0, 0.1) is 0 Å². The molecule has 0 unspecified atom stereocenters. The maximum absolute atomic E-state index is 11.4. The van der Waals surface area contributed by atoms with Gasteiger partial charge in [0.05, 0.1) is 52.3 Å². The number of rotatable bonds is 7.